The normalized spacial score (nSPS) is 12.5. The van der Waals surface area contributed by atoms with Gasteiger partial charge in [-0.2, -0.15) is 0 Å². The van der Waals surface area contributed by atoms with E-state index in [-0.39, 0.29) is 0 Å². The Hall–Kier alpha value is -1.94. The topological polar surface area (TPSA) is 43.1 Å². The van der Waals surface area contributed by atoms with Crippen LogP contribution in [0.2, 0.25) is 5.15 Å². The van der Waals surface area contributed by atoms with Crippen LogP contribution in [-0.2, 0) is 0 Å². The van der Waals surface area contributed by atoms with E-state index in [1.54, 1.807) is 22.9 Å². The fraction of sp³-hybridized carbons (Fsp3) is 0.0833. The van der Waals surface area contributed by atoms with Crippen molar-refractivity contribution in [2.24, 2.45) is 0 Å². The number of rotatable bonds is 3. The van der Waals surface area contributed by atoms with E-state index in [0.29, 0.717) is 16.6 Å². The van der Waals surface area contributed by atoms with E-state index in [1.165, 1.54) is 0 Å². The molecule has 86 valence electrons. The molecule has 0 aromatic carbocycles. The lowest BCUT2D eigenvalue weighted by Crippen LogP contribution is -1.93. The molecule has 2 rings (SSSR count). The zero-order chi connectivity index (χ0) is 12.3. The second-order valence-corrected chi connectivity index (χ2v) is 3.65. The fourth-order valence-corrected chi connectivity index (χ4v) is 1.61. The summed E-state index contributed by atoms with van der Waals surface area (Å²) in [5.41, 5.74) is 1.41. The van der Waals surface area contributed by atoms with Crippen molar-refractivity contribution in [2.45, 2.75) is 6.92 Å². The van der Waals surface area contributed by atoms with Crippen LogP contribution in [0.3, 0.4) is 0 Å². The molecule has 0 bridgehead atoms. The summed E-state index contributed by atoms with van der Waals surface area (Å²) in [5.74, 6) is 0.692. The first-order valence-electron chi connectivity index (χ1n) is 5.09. The number of hydrogen-bond acceptors (Lipinski definition) is 3. The zero-order valence-corrected chi connectivity index (χ0v) is 10.1. The predicted octanol–water partition coefficient (Wildman–Crippen LogP) is 2.92. The number of halogens is 1. The van der Waals surface area contributed by atoms with Crippen molar-refractivity contribution in [3.05, 3.63) is 54.3 Å². The summed E-state index contributed by atoms with van der Waals surface area (Å²) >= 11 is 5.93. The van der Waals surface area contributed by atoms with Crippen molar-refractivity contribution in [1.82, 2.24) is 19.6 Å². The van der Waals surface area contributed by atoms with Crippen LogP contribution in [0.4, 0.5) is 0 Å². The molecule has 17 heavy (non-hydrogen) atoms. The molecule has 0 aliphatic rings. The van der Waals surface area contributed by atoms with E-state index < -0.39 is 0 Å². The Morgan fingerprint density at radius 1 is 1.47 bits per heavy atom. The maximum absolute atomic E-state index is 5.93. The summed E-state index contributed by atoms with van der Waals surface area (Å²) < 4.78 is 1.78. The van der Waals surface area contributed by atoms with Gasteiger partial charge in [0.1, 0.15) is 0 Å². The van der Waals surface area contributed by atoms with Crippen LogP contribution in [0.5, 0.6) is 0 Å². The molecule has 0 aliphatic heterocycles. The SMILES string of the molecule is C=C/C(=C\C=C/C)c1nnc2c(Cl)nccn12. The highest BCUT2D eigenvalue weighted by molar-refractivity contribution is 6.32. The minimum Gasteiger partial charge on any atom is -0.278 e. The zero-order valence-electron chi connectivity index (χ0n) is 9.34. The standard InChI is InChI=1S/C12H11ClN4/c1-3-5-6-9(4-2)11-15-16-12-10(13)14-7-8-17(11)12/h3-8H,2H2,1H3/b5-3-,9-6+. The molecule has 0 spiro atoms. The first-order chi connectivity index (χ1) is 8.27. The number of hydrogen-bond donors (Lipinski definition) is 0. The van der Waals surface area contributed by atoms with E-state index in [4.69, 9.17) is 11.6 Å². The molecule has 2 aromatic heterocycles. The Labute approximate surface area is 104 Å². The van der Waals surface area contributed by atoms with E-state index in [0.717, 1.165) is 5.57 Å². The second-order valence-electron chi connectivity index (χ2n) is 3.29. The third-order valence-electron chi connectivity index (χ3n) is 2.23. The Morgan fingerprint density at radius 2 is 2.29 bits per heavy atom. The molecular weight excluding hydrogens is 236 g/mol. The molecule has 5 heteroatoms. The molecule has 0 N–H and O–H groups in total. The van der Waals surface area contributed by atoms with Crippen LogP contribution >= 0.6 is 11.6 Å². The Morgan fingerprint density at radius 3 is 3.00 bits per heavy atom. The maximum Gasteiger partial charge on any atom is 0.198 e. The highest BCUT2D eigenvalue weighted by Crippen LogP contribution is 2.18. The smallest absolute Gasteiger partial charge is 0.198 e. The molecule has 0 fully saturated rings. The molecule has 0 aliphatic carbocycles. The van der Waals surface area contributed by atoms with Crippen LogP contribution in [0.25, 0.3) is 11.2 Å². The first kappa shape index (κ1) is 11.5. The van der Waals surface area contributed by atoms with Gasteiger partial charge in [0.15, 0.2) is 16.6 Å². The minimum atomic E-state index is 0.334. The van der Waals surface area contributed by atoms with Crippen molar-refractivity contribution >= 4 is 22.8 Å². The summed E-state index contributed by atoms with van der Waals surface area (Å²) in [6.45, 7) is 5.71. The van der Waals surface area contributed by atoms with Gasteiger partial charge in [-0.1, -0.05) is 42.5 Å². The average Bonchev–Trinajstić information content (AvgIpc) is 2.76. The Kier molecular flexibility index (Phi) is 3.35. The van der Waals surface area contributed by atoms with Crippen LogP contribution in [-0.4, -0.2) is 19.6 Å². The third kappa shape index (κ3) is 2.12. The van der Waals surface area contributed by atoms with Crippen LogP contribution < -0.4 is 0 Å². The van der Waals surface area contributed by atoms with Crippen LogP contribution in [0.15, 0.2) is 43.3 Å². The van der Waals surface area contributed by atoms with Gasteiger partial charge >= 0.3 is 0 Å². The predicted molar refractivity (Wildman–Crippen MR) is 68.8 cm³/mol. The molecule has 0 saturated heterocycles. The second kappa shape index (κ2) is 4.93. The summed E-state index contributed by atoms with van der Waals surface area (Å²) in [6.07, 6.45) is 10.9. The first-order valence-corrected chi connectivity index (χ1v) is 5.46. The molecule has 0 amide bonds. The summed E-state index contributed by atoms with van der Waals surface area (Å²) in [6, 6.07) is 0. The Balaban J connectivity index is 2.63. The van der Waals surface area contributed by atoms with E-state index in [2.05, 4.69) is 21.8 Å². The van der Waals surface area contributed by atoms with E-state index >= 15 is 0 Å². The molecule has 0 radical (unpaired) electrons. The largest absolute Gasteiger partial charge is 0.278 e. The molecule has 0 atom stereocenters. The summed E-state index contributed by atoms with van der Waals surface area (Å²) in [7, 11) is 0. The van der Waals surface area contributed by atoms with Crippen LogP contribution in [0.1, 0.15) is 12.7 Å². The van der Waals surface area contributed by atoms with Gasteiger partial charge in [0.2, 0.25) is 0 Å². The monoisotopic (exact) mass is 246 g/mol. The molecule has 2 heterocycles. The van der Waals surface area contributed by atoms with Gasteiger partial charge in [0.05, 0.1) is 0 Å². The average molecular weight is 247 g/mol. The minimum absolute atomic E-state index is 0.334. The van der Waals surface area contributed by atoms with Gasteiger partial charge in [0.25, 0.3) is 0 Å². The van der Waals surface area contributed by atoms with E-state index in [9.17, 15) is 0 Å². The van der Waals surface area contributed by atoms with Crippen molar-refractivity contribution in [3.8, 4) is 0 Å². The third-order valence-corrected chi connectivity index (χ3v) is 2.50. The highest BCUT2D eigenvalue weighted by Gasteiger charge is 2.10. The fourth-order valence-electron chi connectivity index (χ4n) is 1.43. The maximum atomic E-state index is 5.93. The van der Waals surface area contributed by atoms with Gasteiger partial charge in [-0.3, -0.25) is 4.40 Å². The number of nitrogens with zero attached hydrogens (tertiary/aromatic N) is 4. The number of fused-ring (bicyclic) bond motifs is 1. The highest BCUT2D eigenvalue weighted by atomic mass is 35.5. The van der Waals surface area contributed by atoms with Gasteiger partial charge in [-0.05, 0) is 6.92 Å². The van der Waals surface area contributed by atoms with Gasteiger partial charge in [0, 0.05) is 18.0 Å². The molecule has 0 saturated carbocycles. The number of allylic oxidation sites excluding steroid dienone is 5. The molecular formula is C12H11ClN4. The quantitative estimate of drug-likeness (QED) is 0.782. The molecule has 2 aromatic rings. The van der Waals surface area contributed by atoms with Gasteiger partial charge in [-0.15, -0.1) is 10.2 Å². The van der Waals surface area contributed by atoms with Crippen molar-refractivity contribution in [3.63, 3.8) is 0 Å². The lowest BCUT2D eigenvalue weighted by atomic mass is 10.2. The van der Waals surface area contributed by atoms with E-state index in [1.807, 2.05) is 25.2 Å². The Bertz CT molecular complexity index is 610. The summed E-state index contributed by atoms with van der Waals surface area (Å²) in [4.78, 5) is 3.95. The molecule has 4 nitrogen and oxygen atoms in total. The summed E-state index contributed by atoms with van der Waals surface area (Å²) in [5, 5.41) is 8.43. The van der Waals surface area contributed by atoms with Gasteiger partial charge < -0.3 is 0 Å². The lowest BCUT2D eigenvalue weighted by Gasteiger charge is -1.99. The number of aromatic nitrogens is 4. The van der Waals surface area contributed by atoms with Crippen molar-refractivity contribution < 1.29 is 0 Å². The van der Waals surface area contributed by atoms with Gasteiger partial charge in [-0.25, -0.2) is 4.98 Å². The van der Waals surface area contributed by atoms with Crippen molar-refractivity contribution in [2.75, 3.05) is 0 Å². The lowest BCUT2D eigenvalue weighted by molar-refractivity contribution is 1.06. The molecule has 0 unspecified atom stereocenters. The van der Waals surface area contributed by atoms with Crippen molar-refractivity contribution in [1.29, 1.82) is 0 Å². The van der Waals surface area contributed by atoms with Crippen LogP contribution in [0, 0.1) is 0 Å².